The fraction of sp³-hybridized carbons (Fsp3) is 0. The third kappa shape index (κ3) is 3.79. The molecule has 4 aromatic heterocycles. The minimum atomic E-state index is 0.717. The van der Waals surface area contributed by atoms with Crippen molar-refractivity contribution in [3.63, 3.8) is 0 Å². The molecule has 0 atom stereocenters. The third-order valence-electron chi connectivity index (χ3n) is 8.04. The second-order valence-corrected chi connectivity index (χ2v) is 12.6. The van der Waals surface area contributed by atoms with Gasteiger partial charge in [-0.15, -0.1) is 22.7 Å². The lowest BCUT2D eigenvalue weighted by atomic mass is 10.0. The summed E-state index contributed by atoms with van der Waals surface area (Å²) < 4.78 is 5.02. The van der Waals surface area contributed by atoms with Crippen molar-refractivity contribution in [2.45, 2.75) is 0 Å². The molecule has 0 radical (unpaired) electrons. The van der Waals surface area contributed by atoms with Crippen molar-refractivity contribution in [3.8, 4) is 39.6 Å². The van der Waals surface area contributed by atoms with Crippen molar-refractivity contribution in [2.24, 2.45) is 0 Å². The molecule has 0 aliphatic carbocycles. The fourth-order valence-corrected chi connectivity index (χ4v) is 8.64. The zero-order valence-electron chi connectivity index (χ0n) is 22.9. The third-order valence-corrected chi connectivity index (χ3v) is 10.4. The summed E-state index contributed by atoms with van der Waals surface area (Å²) in [5, 5.41) is 5.19. The average Bonchev–Trinajstić information content (AvgIpc) is 3.73. The molecule has 0 unspecified atom stereocenters. The first-order valence-corrected chi connectivity index (χ1v) is 15.9. The van der Waals surface area contributed by atoms with Crippen LogP contribution in [0.1, 0.15) is 0 Å². The van der Waals surface area contributed by atoms with Crippen LogP contribution in [0.3, 0.4) is 0 Å². The van der Waals surface area contributed by atoms with E-state index < -0.39 is 0 Å². The van der Waals surface area contributed by atoms with Gasteiger partial charge in [0.05, 0.1) is 11.4 Å². The van der Waals surface area contributed by atoms with Gasteiger partial charge in [0, 0.05) is 47.6 Å². The van der Waals surface area contributed by atoms with Crippen LogP contribution in [-0.4, -0.2) is 14.5 Å². The number of hydrogen-bond acceptors (Lipinski definition) is 4. The molecule has 5 heteroatoms. The minimum absolute atomic E-state index is 0.717. The largest absolute Gasteiger partial charge is 0.288 e. The predicted molar refractivity (Wildman–Crippen MR) is 183 cm³/mol. The molecule has 0 aliphatic rings. The van der Waals surface area contributed by atoms with Crippen molar-refractivity contribution in [3.05, 3.63) is 140 Å². The molecule has 0 spiro atoms. The Balaban J connectivity index is 1.51. The van der Waals surface area contributed by atoms with Gasteiger partial charge in [-0.2, -0.15) is 0 Å². The quantitative estimate of drug-likeness (QED) is 0.206. The number of fused-ring (bicyclic) bond motifs is 7. The van der Waals surface area contributed by atoms with E-state index in [-0.39, 0.29) is 0 Å². The van der Waals surface area contributed by atoms with Crippen LogP contribution >= 0.6 is 22.7 Å². The molecule has 5 aromatic carbocycles. The molecule has 0 amide bonds. The fourth-order valence-electron chi connectivity index (χ4n) is 6.14. The van der Waals surface area contributed by atoms with Gasteiger partial charge in [0.25, 0.3) is 0 Å². The molecule has 3 nitrogen and oxygen atoms in total. The van der Waals surface area contributed by atoms with Gasteiger partial charge in [-0.25, -0.2) is 9.97 Å². The zero-order valence-corrected chi connectivity index (χ0v) is 24.6. The maximum atomic E-state index is 5.35. The van der Waals surface area contributed by atoms with Crippen molar-refractivity contribution in [1.29, 1.82) is 0 Å². The molecule has 43 heavy (non-hydrogen) atoms. The van der Waals surface area contributed by atoms with Gasteiger partial charge >= 0.3 is 0 Å². The second kappa shape index (κ2) is 9.73. The molecule has 0 fully saturated rings. The lowest BCUT2D eigenvalue weighted by molar-refractivity contribution is 1.10. The van der Waals surface area contributed by atoms with Gasteiger partial charge in [-0.1, -0.05) is 127 Å². The number of rotatable bonds is 4. The number of hydrogen-bond donors (Lipinski definition) is 0. The molecule has 0 saturated carbocycles. The summed E-state index contributed by atoms with van der Waals surface area (Å²) in [7, 11) is 0. The van der Waals surface area contributed by atoms with Crippen molar-refractivity contribution in [2.75, 3.05) is 0 Å². The highest BCUT2D eigenvalue weighted by Gasteiger charge is 2.27. The van der Waals surface area contributed by atoms with Crippen LogP contribution in [0.2, 0.25) is 0 Å². The Labute approximate surface area is 256 Å². The Morgan fingerprint density at radius 2 is 0.814 bits per heavy atom. The molecule has 9 aromatic rings. The van der Waals surface area contributed by atoms with Crippen molar-refractivity contribution >= 4 is 63.3 Å². The van der Waals surface area contributed by atoms with Crippen LogP contribution in [0, 0.1) is 0 Å². The first-order valence-electron chi connectivity index (χ1n) is 14.3. The maximum Gasteiger partial charge on any atom is 0.160 e. The van der Waals surface area contributed by atoms with E-state index in [2.05, 4.69) is 126 Å². The van der Waals surface area contributed by atoms with E-state index in [0.717, 1.165) is 39.6 Å². The summed E-state index contributed by atoms with van der Waals surface area (Å²) in [6.45, 7) is 0. The van der Waals surface area contributed by atoms with Crippen LogP contribution < -0.4 is 0 Å². The van der Waals surface area contributed by atoms with E-state index in [1.165, 1.54) is 40.6 Å². The molecule has 202 valence electrons. The maximum absolute atomic E-state index is 5.35. The SMILES string of the molecule is c1ccc(-c2nc(-c3ccccc3)c(-n3c4sc5ccccc5c4c4c5ccccc5sc43)c(-c3ccccc3)n2)cc1. The Bertz CT molecular complexity index is 2290. The first-order chi connectivity index (χ1) is 21.3. The highest BCUT2D eigenvalue weighted by molar-refractivity contribution is 7.28. The topological polar surface area (TPSA) is 30.7 Å². The lowest BCUT2D eigenvalue weighted by Crippen LogP contribution is -2.06. The van der Waals surface area contributed by atoms with Crippen LogP contribution in [0.15, 0.2) is 140 Å². The van der Waals surface area contributed by atoms with Gasteiger partial charge in [0.1, 0.15) is 15.3 Å². The Morgan fingerprint density at radius 1 is 0.419 bits per heavy atom. The van der Waals surface area contributed by atoms with Gasteiger partial charge in [0.2, 0.25) is 0 Å². The summed E-state index contributed by atoms with van der Waals surface area (Å²) in [4.78, 5) is 13.2. The highest BCUT2D eigenvalue weighted by Crippen LogP contribution is 2.50. The molecule has 0 aliphatic heterocycles. The van der Waals surface area contributed by atoms with Crippen LogP contribution in [0.25, 0.3) is 80.2 Å². The number of aromatic nitrogens is 3. The predicted octanol–water partition coefficient (Wildman–Crippen LogP) is 11.0. The summed E-state index contributed by atoms with van der Waals surface area (Å²) >= 11 is 3.69. The average molecular weight is 586 g/mol. The number of benzene rings is 5. The molecule has 4 heterocycles. The molecular formula is C38H23N3S2. The van der Waals surface area contributed by atoms with Crippen molar-refractivity contribution in [1.82, 2.24) is 14.5 Å². The van der Waals surface area contributed by atoms with E-state index >= 15 is 0 Å². The molecule has 0 bridgehead atoms. The normalized spacial score (nSPS) is 11.7. The van der Waals surface area contributed by atoms with E-state index in [1.807, 2.05) is 40.9 Å². The lowest BCUT2D eigenvalue weighted by Gasteiger charge is -2.18. The Kier molecular flexibility index (Phi) is 5.54. The molecule has 9 rings (SSSR count). The minimum Gasteiger partial charge on any atom is -0.288 e. The Morgan fingerprint density at radius 3 is 1.28 bits per heavy atom. The summed E-state index contributed by atoms with van der Waals surface area (Å²) in [5.74, 6) is 0.717. The summed E-state index contributed by atoms with van der Waals surface area (Å²) in [6.07, 6.45) is 0. The number of nitrogens with zero attached hydrogens (tertiary/aromatic N) is 3. The van der Waals surface area contributed by atoms with E-state index in [9.17, 15) is 0 Å². The molecule has 0 N–H and O–H groups in total. The smallest absolute Gasteiger partial charge is 0.160 e. The first kappa shape index (κ1) is 24.5. The van der Waals surface area contributed by atoms with Gasteiger partial charge in [-0.05, 0) is 12.1 Å². The zero-order chi connectivity index (χ0) is 28.3. The van der Waals surface area contributed by atoms with E-state index in [4.69, 9.17) is 9.97 Å². The van der Waals surface area contributed by atoms with Crippen LogP contribution in [0.5, 0.6) is 0 Å². The Hall–Kier alpha value is -5.10. The molecule has 0 saturated heterocycles. The van der Waals surface area contributed by atoms with E-state index in [0.29, 0.717) is 0 Å². The van der Waals surface area contributed by atoms with Crippen molar-refractivity contribution < 1.29 is 0 Å². The van der Waals surface area contributed by atoms with Gasteiger partial charge < -0.3 is 0 Å². The second-order valence-electron chi connectivity index (χ2n) is 10.6. The molecular weight excluding hydrogens is 563 g/mol. The van der Waals surface area contributed by atoms with E-state index in [1.54, 1.807) is 0 Å². The van der Waals surface area contributed by atoms with Crippen LogP contribution in [0.4, 0.5) is 0 Å². The number of thiophene rings is 2. The summed E-state index contributed by atoms with van der Waals surface area (Å²) in [6, 6.07) is 48.9. The van der Waals surface area contributed by atoms with Crippen LogP contribution in [-0.2, 0) is 0 Å². The van der Waals surface area contributed by atoms with Gasteiger partial charge in [-0.3, -0.25) is 4.57 Å². The highest BCUT2D eigenvalue weighted by atomic mass is 32.1. The standard InChI is InChI=1S/C38H23N3S2/c1-4-14-24(15-5-1)33-35(34(25-16-6-2-7-17-25)40-36(39-33)26-18-8-3-9-19-26)41-37-31(27-20-10-12-22-29(27)42-37)32-28-21-11-13-23-30(28)43-38(32)41/h1-23H. The summed E-state index contributed by atoms with van der Waals surface area (Å²) in [5.41, 5.74) is 5.96. The van der Waals surface area contributed by atoms with Gasteiger partial charge in [0.15, 0.2) is 5.82 Å². The monoisotopic (exact) mass is 585 g/mol.